The van der Waals surface area contributed by atoms with Crippen molar-refractivity contribution in [2.75, 3.05) is 6.16 Å². The third-order valence-electron chi connectivity index (χ3n) is 3.38. The van der Waals surface area contributed by atoms with Crippen molar-refractivity contribution >= 4 is 21.3 Å². The summed E-state index contributed by atoms with van der Waals surface area (Å²) in [6, 6.07) is 4.24. The fourth-order valence-corrected chi connectivity index (χ4v) is 2.95. The molecule has 3 heteroatoms. The summed E-state index contributed by atoms with van der Waals surface area (Å²) in [4.78, 5) is 11.2. The van der Waals surface area contributed by atoms with Crippen LogP contribution in [-0.2, 0) is 11.2 Å². The second-order valence-corrected chi connectivity index (χ2v) is 5.16. The summed E-state index contributed by atoms with van der Waals surface area (Å²) >= 11 is 0. The van der Waals surface area contributed by atoms with E-state index in [0.717, 1.165) is 18.1 Å². The van der Waals surface area contributed by atoms with Crippen LogP contribution in [0.15, 0.2) is 17.7 Å². The Labute approximate surface area is 104 Å². The zero-order valence-electron chi connectivity index (χ0n) is 10.2. The maximum atomic E-state index is 11.2. The van der Waals surface area contributed by atoms with Crippen LogP contribution in [0.3, 0.4) is 0 Å². The van der Waals surface area contributed by atoms with Crippen molar-refractivity contribution in [3.05, 3.63) is 40.0 Å². The van der Waals surface area contributed by atoms with Gasteiger partial charge in [-0.2, -0.15) is 0 Å². The Morgan fingerprint density at radius 3 is 2.76 bits per heavy atom. The second kappa shape index (κ2) is 4.62. The molecule has 0 aliphatic heterocycles. The molecule has 2 atom stereocenters. The van der Waals surface area contributed by atoms with Gasteiger partial charge in [0.25, 0.3) is 0 Å². The maximum Gasteiger partial charge on any atom is 0.331 e. The van der Waals surface area contributed by atoms with E-state index < -0.39 is 5.97 Å². The lowest BCUT2D eigenvalue weighted by Gasteiger charge is -2.24. The summed E-state index contributed by atoms with van der Waals surface area (Å²) in [7, 11) is 2.65. The summed E-state index contributed by atoms with van der Waals surface area (Å²) in [5.41, 5.74) is 5.37. The summed E-state index contributed by atoms with van der Waals surface area (Å²) in [6.45, 7) is 4.15. The lowest BCUT2D eigenvalue weighted by molar-refractivity contribution is -0.133. The van der Waals surface area contributed by atoms with E-state index in [1.54, 1.807) is 0 Å². The van der Waals surface area contributed by atoms with E-state index in [0.29, 0.717) is 5.57 Å². The molecule has 90 valence electrons. The predicted octanol–water partition coefficient (Wildman–Crippen LogP) is 2.82. The third-order valence-corrected chi connectivity index (χ3v) is 3.95. The molecule has 0 saturated heterocycles. The summed E-state index contributed by atoms with van der Waals surface area (Å²) < 4.78 is 0. The van der Waals surface area contributed by atoms with Gasteiger partial charge in [-0.25, -0.2) is 4.79 Å². The highest BCUT2D eigenvalue weighted by Gasteiger charge is 2.25. The SMILES string of the molecule is Cc1cc(C)c2c(c1)C=C(C(=O)O)C(CP)C2. The molecule has 0 saturated carbocycles. The van der Waals surface area contributed by atoms with Gasteiger partial charge >= 0.3 is 5.97 Å². The Bertz CT molecular complexity index is 503. The molecule has 2 rings (SSSR count). The van der Waals surface area contributed by atoms with Crippen LogP contribution >= 0.6 is 9.24 Å². The van der Waals surface area contributed by atoms with E-state index in [4.69, 9.17) is 0 Å². The van der Waals surface area contributed by atoms with Gasteiger partial charge in [-0.15, -0.1) is 9.24 Å². The Kier molecular flexibility index (Phi) is 3.35. The fraction of sp³-hybridized carbons (Fsp3) is 0.357. The highest BCUT2D eigenvalue weighted by atomic mass is 31.0. The number of carbonyl (C=O) groups is 1. The van der Waals surface area contributed by atoms with Gasteiger partial charge in [0.05, 0.1) is 0 Å². The number of hydrogen-bond acceptors (Lipinski definition) is 1. The minimum atomic E-state index is -0.790. The quantitative estimate of drug-likeness (QED) is 0.817. The topological polar surface area (TPSA) is 37.3 Å². The van der Waals surface area contributed by atoms with Crippen LogP contribution in [-0.4, -0.2) is 17.2 Å². The minimum Gasteiger partial charge on any atom is -0.478 e. The largest absolute Gasteiger partial charge is 0.478 e. The maximum absolute atomic E-state index is 11.2. The van der Waals surface area contributed by atoms with Gasteiger partial charge in [0.2, 0.25) is 0 Å². The zero-order valence-corrected chi connectivity index (χ0v) is 11.3. The molecule has 2 unspecified atom stereocenters. The highest BCUT2D eigenvalue weighted by Crippen LogP contribution is 2.32. The van der Waals surface area contributed by atoms with Crippen molar-refractivity contribution in [2.45, 2.75) is 20.3 Å². The average molecular weight is 248 g/mol. The molecule has 0 heterocycles. The number of carboxylic acid groups (broad SMARTS) is 1. The van der Waals surface area contributed by atoms with Gasteiger partial charge in [0, 0.05) is 5.57 Å². The van der Waals surface area contributed by atoms with Crippen LogP contribution in [0.2, 0.25) is 0 Å². The molecule has 0 amide bonds. The zero-order chi connectivity index (χ0) is 12.6. The normalized spacial score (nSPS) is 18.5. The first-order chi connectivity index (χ1) is 8.02. The molecule has 1 aromatic carbocycles. The molecule has 0 spiro atoms. The molecule has 0 bridgehead atoms. The smallest absolute Gasteiger partial charge is 0.331 e. The molecule has 2 nitrogen and oxygen atoms in total. The van der Waals surface area contributed by atoms with Crippen LogP contribution in [0.1, 0.15) is 22.3 Å². The molecule has 1 aliphatic rings. The Morgan fingerprint density at radius 1 is 1.47 bits per heavy atom. The molecule has 1 N–H and O–H groups in total. The van der Waals surface area contributed by atoms with Crippen molar-refractivity contribution in [3.8, 4) is 0 Å². The number of aryl methyl sites for hydroxylation is 2. The van der Waals surface area contributed by atoms with Gasteiger partial charge in [0.1, 0.15) is 0 Å². The molecule has 17 heavy (non-hydrogen) atoms. The number of fused-ring (bicyclic) bond motifs is 1. The minimum absolute atomic E-state index is 0.117. The van der Waals surface area contributed by atoms with Crippen molar-refractivity contribution in [2.24, 2.45) is 5.92 Å². The molecule has 0 radical (unpaired) electrons. The van der Waals surface area contributed by atoms with Crippen molar-refractivity contribution < 1.29 is 9.90 Å². The molecule has 1 aromatic rings. The first-order valence-corrected chi connectivity index (χ1v) is 6.59. The molecule has 0 aromatic heterocycles. The van der Waals surface area contributed by atoms with Crippen molar-refractivity contribution in [3.63, 3.8) is 0 Å². The molecular weight excluding hydrogens is 231 g/mol. The van der Waals surface area contributed by atoms with E-state index in [2.05, 4.69) is 28.3 Å². The molecular formula is C14H17O2P. The van der Waals surface area contributed by atoms with E-state index in [-0.39, 0.29) is 5.92 Å². The lowest BCUT2D eigenvalue weighted by atomic mass is 9.82. The number of benzene rings is 1. The number of carboxylic acids is 1. The molecule has 1 aliphatic carbocycles. The summed E-state index contributed by atoms with van der Waals surface area (Å²) in [6.07, 6.45) is 3.48. The second-order valence-electron chi connectivity index (χ2n) is 4.69. The van der Waals surface area contributed by atoms with Gasteiger partial charge < -0.3 is 5.11 Å². The first-order valence-electron chi connectivity index (χ1n) is 5.78. The Morgan fingerprint density at radius 2 is 2.18 bits per heavy atom. The van der Waals surface area contributed by atoms with E-state index in [9.17, 15) is 9.90 Å². The van der Waals surface area contributed by atoms with Gasteiger partial charge in [-0.1, -0.05) is 17.7 Å². The van der Waals surface area contributed by atoms with Crippen molar-refractivity contribution in [1.29, 1.82) is 0 Å². The number of hydrogen-bond donors (Lipinski definition) is 1. The van der Waals surface area contributed by atoms with E-state index in [1.165, 1.54) is 16.7 Å². The van der Waals surface area contributed by atoms with E-state index in [1.807, 2.05) is 13.0 Å². The highest BCUT2D eigenvalue weighted by molar-refractivity contribution is 7.16. The van der Waals surface area contributed by atoms with Crippen LogP contribution in [0.25, 0.3) is 6.08 Å². The lowest BCUT2D eigenvalue weighted by Crippen LogP contribution is -2.21. The Hall–Kier alpha value is -1.14. The standard InChI is InChI=1S/C14H17O2P/c1-8-3-9(2)12-6-11(7-17)13(14(15)16)5-10(12)4-8/h3-5,11H,6-7,17H2,1-2H3,(H,15,16). The van der Waals surface area contributed by atoms with Crippen LogP contribution in [0, 0.1) is 19.8 Å². The third kappa shape index (κ3) is 2.28. The van der Waals surface area contributed by atoms with Gasteiger partial charge in [-0.05, 0) is 55.1 Å². The molecule has 0 fully saturated rings. The summed E-state index contributed by atoms with van der Waals surface area (Å²) in [5.74, 6) is -0.673. The fourth-order valence-electron chi connectivity index (χ4n) is 2.53. The monoisotopic (exact) mass is 248 g/mol. The van der Waals surface area contributed by atoms with Crippen molar-refractivity contribution in [1.82, 2.24) is 0 Å². The average Bonchev–Trinajstić information content (AvgIpc) is 2.27. The van der Waals surface area contributed by atoms with Crippen LogP contribution in [0.5, 0.6) is 0 Å². The number of aliphatic carboxylic acids is 1. The van der Waals surface area contributed by atoms with Crippen LogP contribution in [0.4, 0.5) is 0 Å². The first kappa shape index (κ1) is 12.3. The van der Waals surface area contributed by atoms with Gasteiger partial charge in [0.15, 0.2) is 0 Å². The van der Waals surface area contributed by atoms with E-state index >= 15 is 0 Å². The van der Waals surface area contributed by atoms with Crippen LogP contribution < -0.4 is 0 Å². The van der Waals surface area contributed by atoms with Gasteiger partial charge in [-0.3, -0.25) is 0 Å². The Balaban J connectivity index is 2.57. The predicted molar refractivity (Wildman–Crippen MR) is 73.3 cm³/mol. The summed E-state index contributed by atoms with van der Waals surface area (Å²) in [5, 5.41) is 9.23. The number of rotatable bonds is 2.